The Bertz CT molecular complexity index is 255. The van der Waals surface area contributed by atoms with Crippen LogP contribution in [0.15, 0.2) is 0 Å². The molecule has 0 saturated heterocycles. The van der Waals surface area contributed by atoms with Gasteiger partial charge in [-0.2, -0.15) is 0 Å². The van der Waals surface area contributed by atoms with Gasteiger partial charge in [0.25, 0.3) is 0 Å². The van der Waals surface area contributed by atoms with Gasteiger partial charge in [-0.15, -0.1) is 0 Å². The van der Waals surface area contributed by atoms with Gasteiger partial charge in [0, 0.05) is 19.6 Å². The van der Waals surface area contributed by atoms with Gasteiger partial charge in [-0.1, -0.05) is 27.2 Å². The van der Waals surface area contributed by atoms with Crippen molar-refractivity contribution < 1.29 is 9.53 Å². The van der Waals surface area contributed by atoms with Crippen molar-refractivity contribution >= 4 is 5.91 Å². The number of nitrogens with one attached hydrogen (secondary N) is 1. The van der Waals surface area contributed by atoms with Crippen molar-refractivity contribution in [1.82, 2.24) is 5.32 Å². The fourth-order valence-electron chi connectivity index (χ4n) is 2.80. The molecule has 0 atom stereocenters. The van der Waals surface area contributed by atoms with Crippen LogP contribution in [0.1, 0.15) is 59.3 Å². The van der Waals surface area contributed by atoms with Gasteiger partial charge < -0.3 is 10.1 Å². The van der Waals surface area contributed by atoms with Crippen LogP contribution >= 0.6 is 0 Å². The second kappa shape index (κ2) is 7.13. The van der Waals surface area contributed by atoms with E-state index >= 15 is 0 Å². The Morgan fingerprint density at radius 2 is 1.89 bits per heavy atom. The number of methoxy groups -OCH3 is 1. The molecule has 0 aromatic carbocycles. The Kier molecular flexibility index (Phi) is 6.13. The molecule has 3 nitrogen and oxygen atoms in total. The molecular weight excluding hydrogens is 226 g/mol. The number of rotatable bonds is 6. The van der Waals surface area contributed by atoms with Crippen LogP contribution in [0.5, 0.6) is 0 Å². The van der Waals surface area contributed by atoms with Crippen LogP contribution in [0.2, 0.25) is 0 Å². The molecule has 0 unspecified atom stereocenters. The van der Waals surface area contributed by atoms with Crippen LogP contribution < -0.4 is 5.32 Å². The molecule has 0 radical (unpaired) electrons. The van der Waals surface area contributed by atoms with Crippen LogP contribution in [0.3, 0.4) is 0 Å². The minimum absolute atomic E-state index is 0.134. The largest absolute Gasteiger partial charge is 0.384 e. The minimum atomic E-state index is 0.134. The molecule has 0 spiro atoms. The number of hydrogen-bond acceptors (Lipinski definition) is 2. The molecule has 0 heterocycles. The van der Waals surface area contributed by atoms with Gasteiger partial charge in [0.05, 0.1) is 6.61 Å². The molecule has 1 aliphatic rings. The molecule has 1 saturated carbocycles. The molecule has 3 heteroatoms. The van der Waals surface area contributed by atoms with Gasteiger partial charge in [-0.3, -0.25) is 4.79 Å². The number of hydrogen-bond donors (Lipinski definition) is 1. The highest BCUT2D eigenvalue weighted by Crippen LogP contribution is 2.40. The summed E-state index contributed by atoms with van der Waals surface area (Å²) >= 11 is 0. The maximum Gasteiger partial charge on any atom is 0.222 e. The Morgan fingerprint density at radius 3 is 2.39 bits per heavy atom. The normalized spacial score (nSPS) is 24.9. The van der Waals surface area contributed by atoms with E-state index in [4.69, 9.17) is 4.74 Å². The predicted molar refractivity (Wildman–Crippen MR) is 74.5 cm³/mol. The third-order valence-corrected chi connectivity index (χ3v) is 4.64. The SMILES string of the molecule is CCC(C)(C)C1CCC(NC(=O)CCOC)CC1. The fraction of sp³-hybridized carbons (Fsp3) is 0.933. The van der Waals surface area contributed by atoms with Crippen LogP contribution in [-0.2, 0) is 9.53 Å². The molecule has 0 bridgehead atoms. The third-order valence-electron chi connectivity index (χ3n) is 4.64. The zero-order valence-corrected chi connectivity index (χ0v) is 12.4. The van der Waals surface area contributed by atoms with Crippen LogP contribution in [0, 0.1) is 11.3 Å². The maximum absolute atomic E-state index is 11.6. The molecule has 1 aliphatic carbocycles. The summed E-state index contributed by atoms with van der Waals surface area (Å²) in [6, 6.07) is 0.387. The highest BCUT2D eigenvalue weighted by Gasteiger charge is 2.31. The lowest BCUT2D eigenvalue weighted by atomic mass is 9.69. The molecule has 1 amide bonds. The first-order chi connectivity index (χ1) is 8.49. The lowest BCUT2D eigenvalue weighted by molar-refractivity contribution is -0.123. The molecule has 0 aromatic rings. The monoisotopic (exact) mass is 255 g/mol. The fourth-order valence-corrected chi connectivity index (χ4v) is 2.80. The molecule has 0 aromatic heterocycles. The van der Waals surface area contributed by atoms with E-state index in [1.54, 1.807) is 7.11 Å². The maximum atomic E-state index is 11.6. The quantitative estimate of drug-likeness (QED) is 0.792. The molecule has 1 rings (SSSR count). The minimum Gasteiger partial charge on any atom is -0.384 e. The Balaban J connectivity index is 2.29. The van der Waals surface area contributed by atoms with Gasteiger partial charge in [-0.05, 0) is 37.0 Å². The van der Waals surface area contributed by atoms with Crippen LogP contribution in [-0.4, -0.2) is 25.7 Å². The van der Waals surface area contributed by atoms with E-state index in [-0.39, 0.29) is 5.91 Å². The highest BCUT2D eigenvalue weighted by molar-refractivity contribution is 5.76. The summed E-state index contributed by atoms with van der Waals surface area (Å²) in [6.07, 6.45) is 6.48. The van der Waals surface area contributed by atoms with E-state index < -0.39 is 0 Å². The summed E-state index contributed by atoms with van der Waals surface area (Å²) in [4.78, 5) is 11.6. The van der Waals surface area contributed by atoms with E-state index in [1.807, 2.05) is 0 Å². The lowest BCUT2D eigenvalue weighted by Crippen LogP contribution is -2.40. The van der Waals surface area contributed by atoms with Gasteiger partial charge in [0.1, 0.15) is 0 Å². The standard InChI is InChI=1S/C15H29NO2/c1-5-15(2,3)12-6-8-13(9-7-12)16-14(17)10-11-18-4/h12-13H,5-11H2,1-4H3,(H,16,17). The summed E-state index contributed by atoms with van der Waals surface area (Å²) in [6.45, 7) is 7.53. The summed E-state index contributed by atoms with van der Waals surface area (Å²) in [5, 5.41) is 3.12. The zero-order valence-electron chi connectivity index (χ0n) is 12.4. The predicted octanol–water partition coefficient (Wildman–Crippen LogP) is 3.13. The lowest BCUT2D eigenvalue weighted by Gasteiger charge is -2.39. The van der Waals surface area contributed by atoms with Crippen molar-refractivity contribution in [1.29, 1.82) is 0 Å². The van der Waals surface area contributed by atoms with Crippen molar-refractivity contribution in [2.45, 2.75) is 65.3 Å². The number of carbonyl (C=O) groups is 1. The van der Waals surface area contributed by atoms with E-state index in [2.05, 4.69) is 26.1 Å². The first-order valence-electron chi connectivity index (χ1n) is 7.28. The molecule has 1 fully saturated rings. The highest BCUT2D eigenvalue weighted by atomic mass is 16.5. The van der Waals surface area contributed by atoms with Crippen molar-refractivity contribution in [3.05, 3.63) is 0 Å². The second-order valence-electron chi connectivity index (χ2n) is 6.20. The van der Waals surface area contributed by atoms with Crippen molar-refractivity contribution in [2.24, 2.45) is 11.3 Å². The molecule has 106 valence electrons. The van der Waals surface area contributed by atoms with E-state index in [0.29, 0.717) is 24.5 Å². The molecular formula is C15H29NO2. The second-order valence-corrected chi connectivity index (χ2v) is 6.20. The van der Waals surface area contributed by atoms with Gasteiger partial charge >= 0.3 is 0 Å². The Hall–Kier alpha value is -0.570. The summed E-state index contributed by atoms with van der Waals surface area (Å²) < 4.78 is 4.92. The first kappa shape index (κ1) is 15.5. The van der Waals surface area contributed by atoms with Crippen molar-refractivity contribution in [2.75, 3.05) is 13.7 Å². The van der Waals surface area contributed by atoms with Gasteiger partial charge in [0.15, 0.2) is 0 Å². The smallest absolute Gasteiger partial charge is 0.222 e. The third kappa shape index (κ3) is 4.60. The van der Waals surface area contributed by atoms with E-state index in [1.165, 1.54) is 19.3 Å². The van der Waals surface area contributed by atoms with Crippen LogP contribution in [0.25, 0.3) is 0 Å². The van der Waals surface area contributed by atoms with Gasteiger partial charge in [-0.25, -0.2) is 0 Å². The van der Waals surface area contributed by atoms with E-state index in [0.717, 1.165) is 18.8 Å². The van der Waals surface area contributed by atoms with Crippen LogP contribution in [0.4, 0.5) is 0 Å². The molecule has 0 aliphatic heterocycles. The van der Waals surface area contributed by atoms with E-state index in [9.17, 15) is 4.79 Å². The first-order valence-corrected chi connectivity index (χ1v) is 7.28. The Morgan fingerprint density at radius 1 is 1.28 bits per heavy atom. The van der Waals surface area contributed by atoms with Gasteiger partial charge in [0.2, 0.25) is 5.91 Å². The average Bonchev–Trinajstić information content (AvgIpc) is 2.37. The van der Waals surface area contributed by atoms with Crippen molar-refractivity contribution in [3.63, 3.8) is 0 Å². The molecule has 1 N–H and O–H groups in total. The number of ether oxygens (including phenoxy) is 1. The Labute approximate surface area is 112 Å². The number of amides is 1. The molecule has 18 heavy (non-hydrogen) atoms. The summed E-state index contributed by atoms with van der Waals surface area (Å²) in [7, 11) is 1.63. The van der Waals surface area contributed by atoms with Crippen molar-refractivity contribution in [3.8, 4) is 0 Å². The number of carbonyl (C=O) groups excluding carboxylic acids is 1. The zero-order chi connectivity index (χ0) is 13.6. The summed E-state index contributed by atoms with van der Waals surface area (Å²) in [5.41, 5.74) is 0.449. The topological polar surface area (TPSA) is 38.3 Å². The average molecular weight is 255 g/mol. The summed E-state index contributed by atoms with van der Waals surface area (Å²) in [5.74, 6) is 0.949.